The van der Waals surface area contributed by atoms with Crippen LogP contribution < -0.4 is 15.4 Å². The van der Waals surface area contributed by atoms with Crippen molar-refractivity contribution in [3.8, 4) is 17.0 Å². The molecule has 6 nitrogen and oxygen atoms in total. The van der Waals surface area contributed by atoms with Crippen LogP contribution in [0.15, 0.2) is 23.6 Å². The molecule has 4 saturated carbocycles. The third-order valence-corrected chi connectivity index (χ3v) is 8.11. The molecule has 0 aliphatic heterocycles. The standard InChI is InChI=1S/C24H28FN3O3S/c1-31-20-3-2-17(9-18(20)25)19-13-32-23(27-19)28-21(29)4-5-26-22(30)24-10-14-6-15(11-24)8-16(7-14)12-24/h2-3,9,13-16H,4-8,10-12H2,1H3,(H,26,30)(H,27,28,29). The lowest BCUT2D eigenvalue weighted by Gasteiger charge is -2.55. The molecule has 0 saturated heterocycles. The van der Waals surface area contributed by atoms with E-state index in [0.29, 0.717) is 40.7 Å². The van der Waals surface area contributed by atoms with Crippen LogP contribution >= 0.6 is 11.3 Å². The van der Waals surface area contributed by atoms with E-state index in [-0.39, 0.29) is 29.4 Å². The number of aromatic nitrogens is 1. The van der Waals surface area contributed by atoms with Crippen LogP contribution in [0, 0.1) is 29.0 Å². The molecule has 1 aromatic carbocycles. The Bertz CT molecular complexity index is 1000. The Morgan fingerprint density at radius 3 is 2.50 bits per heavy atom. The lowest BCUT2D eigenvalue weighted by Crippen LogP contribution is -2.53. The summed E-state index contributed by atoms with van der Waals surface area (Å²) in [6, 6.07) is 4.64. The van der Waals surface area contributed by atoms with Crippen molar-refractivity contribution in [3.63, 3.8) is 0 Å². The summed E-state index contributed by atoms with van der Waals surface area (Å²) < 4.78 is 18.9. The van der Waals surface area contributed by atoms with Gasteiger partial charge in [-0.25, -0.2) is 9.37 Å². The van der Waals surface area contributed by atoms with Crippen LogP contribution in [0.1, 0.15) is 44.9 Å². The first-order valence-corrected chi connectivity index (χ1v) is 12.2. The van der Waals surface area contributed by atoms with E-state index in [1.807, 2.05) is 0 Å². The van der Waals surface area contributed by atoms with Crippen molar-refractivity contribution in [1.82, 2.24) is 10.3 Å². The van der Waals surface area contributed by atoms with E-state index < -0.39 is 5.82 Å². The molecule has 4 aliphatic rings. The average molecular weight is 458 g/mol. The number of rotatable bonds is 7. The highest BCUT2D eigenvalue weighted by atomic mass is 32.1. The van der Waals surface area contributed by atoms with Crippen molar-refractivity contribution in [3.05, 3.63) is 29.4 Å². The summed E-state index contributed by atoms with van der Waals surface area (Å²) in [5.41, 5.74) is 1.01. The zero-order valence-electron chi connectivity index (χ0n) is 18.2. The van der Waals surface area contributed by atoms with Gasteiger partial charge in [0.15, 0.2) is 16.7 Å². The van der Waals surface area contributed by atoms with E-state index in [9.17, 15) is 14.0 Å². The molecule has 4 fully saturated rings. The molecule has 6 rings (SSSR count). The van der Waals surface area contributed by atoms with Gasteiger partial charge in [-0.2, -0.15) is 0 Å². The van der Waals surface area contributed by atoms with E-state index >= 15 is 0 Å². The maximum Gasteiger partial charge on any atom is 0.227 e. The summed E-state index contributed by atoms with van der Waals surface area (Å²) in [6.45, 7) is 0.328. The summed E-state index contributed by atoms with van der Waals surface area (Å²) in [5, 5.41) is 8.03. The lowest BCUT2D eigenvalue weighted by atomic mass is 9.49. The molecular formula is C24H28FN3O3S. The smallest absolute Gasteiger partial charge is 0.227 e. The normalized spacial score (nSPS) is 27.9. The van der Waals surface area contributed by atoms with Crippen molar-refractivity contribution in [1.29, 1.82) is 0 Å². The Balaban J connectivity index is 1.12. The second kappa shape index (κ2) is 8.46. The summed E-state index contributed by atoms with van der Waals surface area (Å²) in [6.07, 6.45) is 7.15. The molecule has 32 heavy (non-hydrogen) atoms. The van der Waals surface area contributed by atoms with Crippen molar-refractivity contribution in [2.75, 3.05) is 19.0 Å². The van der Waals surface area contributed by atoms with Gasteiger partial charge in [0.05, 0.1) is 12.8 Å². The molecule has 0 spiro atoms. The maximum absolute atomic E-state index is 13.9. The molecule has 1 aromatic heterocycles. The molecular weight excluding hydrogens is 429 g/mol. The van der Waals surface area contributed by atoms with Crippen LogP contribution in [0.2, 0.25) is 0 Å². The molecule has 0 unspecified atom stereocenters. The van der Waals surface area contributed by atoms with Gasteiger partial charge in [-0.15, -0.1) is 11.3 Å². The van der Waals surface area contributed by atoms with Gasteiger partial charge in [0, 0.05) is 29.3 Å². The first kappa shape index (κ1) is 21.4. The van der Waals surface area contributed by atoms with Crippen LogP contribution in [-0.2, 0) is 9.59 Å². The third-order valence-electron chi connectivity index (χ3n) is 7.36. The SMILES string of the molecule is COc1ccc(-c2csc(NC(=O)CCNC(=O)C34CC5CC(CC(C5)C3)C4)n2)cc1F. The van der Waals surface area contributed by atoms with Gasteiger partial charge < -0.3 is 15.4 Å². The highest BCUT2D eigenvalue weighted by Crippen LogP contribution is 2.60. The quantitative estimate of drug-likeness (QED) is 0.636. The third kappa shape index (κ3) is 4.12. The average Bonchev–Trinajstić information content (AvgIpc) is 3.21. The number of amides is 2. The molecule has 2 N–H and O–H groups in total. The number of anilines is 1. The molecule has 0 radical (unpaired) electrons. The Morgan fingerprint density at radius 1 is 1.19 bits per heavy atom. The number of benzene rings is 1. The minimum Gasteiger partial charge on any atom is -0.494 e. The van der Waals surface area contributed by atoms with Gasteiger partial charge in [0.2, 0.25) is 11.8 Å². The number of carbonyl (C=O) groups is 2. The number of nitrogens with zero attached hydrogens (tertiary/aromatic N) is 1. The van der Waals surface area contributed by atoms with Gasteiger partial charge in [0.25, 0.3) is 0 Å². The van der Waals surface area contributed by atoms with Crippen LogP contribution in [0.4, 0.5) is 9.52 Å². The van der Waals surface area contributed by atoms with Crippen LogP contribution in [0.3, 0.4) is 0 Å². The summed E-state index contributed by atoms with van der Waals surface area (Å²) in [5.74, 6) is 1.81. The second-order valence-electron chi connectivity index (χ2n) is 9.64. The van der Waals surface area contributed by atoms with Gasteiger partial charge >= 0.3 is 0 Å². The zero-order chi connectivity index (χ0) is 22.3. The van der Waals surface area contributed by atoms with Crippen LogP contribution in [-0.4, -0.2) is 30.5 Å². The minimum absolute atomic E-state index is 0.141. The highest BCUT2D eigenvalue weighted by molar-refractivity contribution is 7.14. The maximum atomic E-state index is 13.9. The fourth-order valence-corrected chi connectivity index (χ4v) is 7.07. The minimum atomic E-state index is -0.460. The number of thiazole rings is 1. The van der Waals surface area contributed by atoms with Crippen LogP contribution in [0.25, 0.3) is 11.3 Å². The summed E-state index contributed by atoms with van der Waals surface area (Å²) in [4.78, 5) is 29.7. The summed E-state index contributed by atoms with van der Waals surface area (Å²) >= 11 is 1.28. The number of halogens is 1. The molecule has 2 aromatic rings. The molecule has 4 aliphatic carbocycles. The van der Waals surface area contributed by atoms with E-state index in [0.717, 1.165) is 19.3 Å². The number of methoxy groups -OCH3 is 1. The summed E-state index contributed by atoms with van der Waals surface area (Å²) in [7, 11) is 1.42. The van der Waals surface area contributed by atoms with E-state index in [1.54, 1.807) is 17.5 Å². The van der Waals surface area contributed by atoms with Gasteiger partial charge in [0.1, 0.15) is 0 Å². The number of nitrogens with one attached hydrogen (secondary N) is 2. The first-order chi connectivity index (χ1) is 15.4. The van der Waals surface area contributed by atoms with Crippen molar-refractivity contribution >= 4 is 28.3 Å². The number of hydrogen-bond acceptors (Lipinski definition) is 5. The van der Waals surface area contributed by atoms with E-state index in [4.69, 9.17) is 4.74 Å². The van der Waals surface area contributed by atoms with Crippen molar-refractivity contribution in [2.24, 2.45) is 23.2 Å². The molecule has 170 valence electrons. The zero-order valence-corrected chi connectivity index (χ0v) is 19.0. The number of ether oxygens (including phenoxy) is 1. The van der Waals surface area contributed by atoms with Gasteiger partial charge in [-0.05, 0) is 74.5 Å². The van der Waals surface area contributed by atoms with Crippen molar-refractivity contribution < 1.29 is 18.7 Å². The first-order valence-electron chi connectivity index (χ1n) is 11.3. The predicted molar refractivity (Wildman–Crippen MR) is 121 cm³/mol. The molecule has 1 heterocycles. The molecule has 8 heteroatoms. The van der Waals surface area contributed by atoms with E-state index in [2.05, 4.69) is 15.6 Å². The Kier molecular flexibility index (Phi) is 5.65. The van der Waals surface area contributed by atoms with Crippen LogP contribution in [0.5, 0.6) is 5.75 Å². The number of hydrogen-bond donors (Lipinski definition) is 2. The monoisotopic (exact) mass is 457 g/mol. The predicted octanol–water partition coefficient (Wildman–Crippen LogP) is 4.62. The topological polar surface area (TPSA) is 80.3 Å². The lowest BCUT2D eigenvalue weighted by molar-refractivity contribution is -0.146. The Morgan fingerprint density at radius 2 is 1.88 bits per heavy atom. The highest BCUT2D eigenvalue weighted by Gasteiger charge is 2.54. The largest absolute Gasteiger partial charge is 0.494 e. The molecule has 2 amide bonds. The van der Waals surface area contributed by atoms with Gasteiger partial charge in [-0.3, -0.25) is 9.59 Å². The molecule has 0 atom stereocenters. The fourth-order valence-electron chi connectivity index (χ4n) is 6.34. The second-order valence-corrected chi connectivity index (χ2v) is 10.5. The van der Waals surface area contributed by atoms with Crippen molar-refractivity contribution in [2.45, 2.75) is 44.9 Å². The fraction of sp³-hybridized carbons (Fsp3) is 0.542. The molecule has 4 bridgehead atoms. The Labute approximate surface area is 191 Å². The number of carbonyl (C=O) groups excluding carboxylic acids is 2. The van der Waals surface area contributed by atoms with E-state index in [1.165, 1.54) is 43.8 Å². The Hall–Kier alpha value is -2.48. The van der Waals surface area contributed by atoms with Gasteiger partial charge in [-0.1, -0.05) is 0 Å².